The topological polar surface area (TPSA) is 88.6 Å². The predicted molar refractivity (Wildman–Crippen MR) is 144 cm³/mol. The highest BCUT2D eigenvalue weighted by molar-refractivity contribution is 7.92. The van der Waals surface area contributed by atoms with Crippen LogP contribution < -0.4 is 14.4 Å². The molecule has 0 aliphatic heterocycles. The molecule has 1 amide bonds. The van der Waals surface area contributed by atoms with Crippen molar-refractivity contribution >= 4 is 33.2 Å². The first-order chi connectivity index (χ1) is 17.8. The summed E-state index contributed by atoms with van der Waals surface area (Å²) in [6, 6.07) is 24.0. The minimum Gasteiger partial charge on any atom is -0.484 e. The van der Waals surface area contributed by atoms with Crippen molar-refractivity contribution in [2.24, 2.45) is 0 Å². The third-order valence-electron chi connectivity index (χ3n) is 5.56. The Hall–Kier alpha value is -3.88. The number of hydrogen-bond acceptors (Lipinski definition) is 5. The number of carbonyl (C=O) groups is 1. The van der Waals surface area contributed by atoms with Crippen molar-refractivity contribution in [2.75, 3.05) is 10.9 Å². The Bertz CT molecular complexity index is 1430. The SMILES string of the molecule is Cc1ccc(S(=O)(=O)N(Cc2ccc(Cl)cc2)c2ccc(OCC(=O)NCc3cccnc3)cc2)cc1. The molecule has 1 heterocycles. The molecule has 37 heavy (non-hydrogen) atoms. The van der Waals surface area contributed by atoms with Crippen LogP contribution in [0.1, 0.15) is 16.7 Å². The molecule has 0 unspecified atom stereocenters. The second-order valence-electron chi connectivity index (χ2n) is 8.37. The van der Waals surface area contributed by atoms with Gasteiger partial charge in [0.05, 0.1) is 17.1 Å². The summed E-state index contributed by atoms with van der Waals surface area (Å²) in [5.41, 5.74) is 3.10. The van der Waals surface area contributed by atoms with E-state index in [1.54, 1.807) is 91.3 Å². The van der Waals surface area contributed by atoms with Gasteiger partial charge >= 0.3 is 0 Å². The number of amides is 1. The Kier molecular flexibility index (Phi) is 8.43. The number of hydrogen-bond donors (Lipinski definition) is 1. The molecule has 0 radical (unpaired) electrons. The Morgan fingerprint density at radius 2 is 1.65 bits per heavy atom. The summed E-state index contributed by atoms with van der Waals surface area (Å²) in [7, 11) is -3.86. The van der Waals surface area contributed by atoms with E-state index in [9.17, 15) is 13.2 Å². The summed E-state index contributed by atoms with van der Waals surface area (Å²) in [5.74, 6) is 0.165. The molecule has 7 nitrogen and oxygen atoms in total. The second kappa shape index (κ2) is 11.9. The first-order valence-electron chi connectivity index (χ1n) is 11.5. The molecule has 0 saturated heterocycles. The van der Waals surface area contributed by atoms with Crippen molar-refractivity contribution in [3.05, 3.63) is 119 Å². The fraction of sp³-hybridized carbons (Fsp3) is 0.143. The Morgan fingerprint density at radius 1 is 0.946 bits per heavy atom. The van der Waals surface area contributed by atoms with Crippen molar-refractivity contribution in [1.82, 2.24) is 10.3 Å². The summed E-state index contributed by atoms with van der Waals surface area (Å²) in [6.07, 6.45) is 3.35. The zero-order chi connectivity index (χ0) is 26.3. The third-order valence-corrected chi connectivity index (χ3v) is 7.60. The molecule has 4 rings (SSSR count). The van der Waals surface area contributed by atoms with Gasteiger partial charge in [0, 0.05) is 24.0 Å². The number of halogens is 1. The average molecular weight is 536 g/mol. The molecule has 0 atom stereocenters. The van der Waals surface area contributed by atoms with E-state index < -0.39 is 10.0 Å². The molecule has 9 heteroatoms. The van der Waals surface area contributed by atoms with Crippen LogP contribution >= 0.6 is 11.6 Å². The monoisotopic (exact) mass is 535 g/mol. The van der Waals surface area contributed by atoms with E-state index in [1.165, 1.54) is 4.31 Å². The number of benzene rings is 3. The van der Waals surface area contributed by atoms with Crippen LogP contribution in [0.3, 0.4) is 0 Å². The van der Waals surface area contributed by atoms with E-state index in [0.29, 0.717) is 23.0 Å². The van der Waals surface area contributed by atoms with Gasteiger partial charge in [0.2, 0.25) is 0 Å². The Labute approximate surface area is 221 Å². The van der Waals surface area contributed by atoms with Gasteiger partial charge in [0.25, 0.3) is 15.9 Å². The summed E-state index contributed by atoms with van der Waals surface area (Å²) in [4.78, 5) is 16.4. The van der Waals surface area contributed by atoms with E-state index in [0.717, 1.165) is 16.7 Å². The number of nitrogens with zero attached hydrogens (tertiary/aromatic N) is 2. The maximum absolute atomic E-state index is 13.6. The number of carbonyl (C=O) groups excluding carboxylic acids is 1. The molecular formula is C28H26ClN3O4S. The lowest BCUT2D eigenvalue weighted by atomic mass is 10.2. The highest BCUT2D eigenvalue weighted by atomic mass is 35.5. The van der Waals surface area contributed by atoms with E-state index in [1.807, 2.05) is 13.0 Å². The van der Waals surface area contributed by atoms with Crippen molar-refractivity contribution in [3.63, 3.8) is 0 Å². The van der Waals surface area contributed by atoms with Gasteiger partial charge in [0.1, 0.15) is 5.75 Å². The molecule has 0 fully saturated rings. The van der Waals surface area contributed by atoms with Crippen molar-refractivity contribution < 1.29 is 17.9 Å². The number of aryl methyl sites for hydroxylation is 1. The number of ether oxygens (including phenoxy) is 1. The summed E-state index contributed by atoms with van der Waals surface area (Å²) < 4.78 is 34.2. The van der Waals surface area contributed by atoms with Crippen LogP contribution in [-0.2, 0) is 27.9 Å². The van der Waals surface area contributed by atoms with Crippen LogP contribution in [0.15, 0.2) is 102 Å². The lowest BCUT2D eigenvalue weighted by molar-refractivity contribution is -0.123. The molecule has 190 valence electrons. The quantitative estimate of drug-likeness (QED) is 0.304. The maximum Gasteiger partial charge on any atom is 0.264 e. The first kappa shape index (κ1) is 26.2. The van der Waals surface area contributed by atoms with Gasteiger partial charge < -0.3 is 10.1 Å². The number of rotatable bonds is 10. The Morgan fingerprint density at radius 3 is 2.30 bits per heavy atom. The highest BCUT2D eigenvalue weighted by Gasteiger charge is 2.25. The lowest BCUT2D eigenvalue weighted by Gasteiger charge is -2.25. The molecule has 4 aromatic rings. The minimum absolute atomic E-state index is 0.115. The molecule has 0 spiro atoms. The van der Waals surface area contributed by atoms with Crippen LogP contribution in [-0.4, -0.2) is 25.9 Å². The number of anilines is 1. The van der Waals surface area contributed by atoms with Gasteiger partial charge in [-0.15, -0.1) is 0 Å². The van der Waals surface area contributed by atoms with E-state index in [2.05, 4.69) is 10.3 Å². The predicted octanol–water partition coefficient (Wildman–Crippen LogP) is 5.13. The third kappa shape index (κ3) is 7.09. The normalized spacial score (nSPS) is 11.1. The van der Waals surface area contributed by atoms with Gasteiger partial charge in [-0.3, -0.25) is 14.1 Å². The first-order valence-corrected chi connectivity index (χ1v) is 13.4. The number of pyridine rings is 1. The molecule has 0 aliphatic rings. The standard InChI is InChI=1S/C28H26ClN3O4S/c1-21-4-14-27(15-5-21)37(34,35)32(19-22-6-8-24(29)9-7-22)25-10-12-26(13-11-25)36-20-28(33)31-18-23-3-2-16-30-17-23/h2-17H,18-20H2,1H3,(H,31,33). The Balaban J connectivity index is 1.48. The molecule has 0 saturated carbocycles. The van der Waals surface area contributed by atoms with Gasteiger partial charge in [0.15, 0.2) is 6.61 Å². The fourth-order valence-corrected chi connectivity index (χ4v) is 5.10. The fourth-order valence-electron chi connectivity index (χ4n) is 3.52. The summed E-state index contributed by atoms with van der Waals surface area (Å²) >= 11 is 6.01. The van der Waals surface area contributed by atoms with Gasteiger partial charge in [-0.1, -0.05) is 47.5 Å². The van der Waals surface area contributed by atoms with Crippen LogP contribution in [0, 0.1) is 6.92 Å². The van der Waals surface area contributed by atoms with Gasteiger partial charge in [-0.2, -0.15) is 0 Å². The van der Waals surface area contributed by atoms with Gasteiger partial charge in [-0.25, -0.2) is 8.42 Å². The molecule has 0 aliphatic carbocycles. The number of sulfonamides is 1. The molecular weight excluding hydrogens is 510 g/mol. The van der Waals surface area contributed by atoms with E-state index in [4.69, 9.17) is 16.3 Å². The summed E-state index contributed by atoms with van der Waals surface area (Å²) in [5, 5.41) is 3.34. The second-order valence-corrected chi connectivity index (χ2v) is 10.7. The van der Waals surface area contributed by atoms with Gasteiger partial charge in [-0.05, 0) is 72.6 Å². The lowest BCUT2D eigenvalue weighted by Crippen LogP contribution is -2.30. The number of aromatic nitrogens is 1. The molecule has 0 bridgehead atoms. The van der Waals surface area contributed by atoms with Crippen LogP contribution in [0.25, 0.3) is 0 Å². The average Bonchev–Trinajstić information content (AvgIpc) is 2.91. The molecule has 1 N–H and O–H groups in total. The van der Waals surface area contributed by atoms with E-state index >= 15 is 0 Å². The number of nitrogens with one attached hydrogen (secondary N) is 1. The van der Waals surface area contributed by atoms with Crippen molar-refractivity contribution in [1.29, 1.82) is 0 Å². The largest absolute Gasteiger partial charge is 0.484 e. The van der Waals surface area contributed by atoms with Crippen LogP contribution in [0.4, 0.5) is 5.69 Å². The van der Waals surface area contributed by atoms with Crippen LogP contribution in [0.2, 0.25) is 5.02 Å². The maximum atomic E-state index is 13.6. The smallest absolute Gasteiger partial charge is 0.264 e. The highest BCUT2D eigenvalue weighted by Crippen LogP contribution is 2.28. The minimum atomic E-state index is -3.86. The van der Waals surface area contributed by atoms with Crippen molar-refractivity contribution in [2.45, 2.75) is 24.9 Å². The van der Waals surface area contributed by atoms with Crippen LogP contribution in [0.5, 0.6) is 5.75 Å². The summed E-state index contributed by atoms with van der Waals surface area (Å²) in [6.45, 7) is 2.20. The zero-order valence-corrected chi connectivity index (χ0v) is 21.7. The van der Waals surface area contributed by atoms with E-state index in [-0.39, 0.29) is 24.0 Å². The molecule has 3 aromatic carbocycles. The molecule has 1 aromatic heterocycles. The zero-order valence-electron chi connectivity index (χ0n) is 20.2. The van der Waals surface area contributed by atoms with Crippen molar-refractivity contribution in [3.8, 4) is 5.75 Å².